The van der Waals surface area contributed by atoms with Crippen LogP contribution in [-0.4, -0.2) is 70.6 Å². The number of hydrogen-bond acceptors (Lipinski definition) is 14. The zero-order valence-corrected chi connectivity index (χ0v) is 38.0. The minimum atomic E-state index is -4.01. The third-order valence-corrected chi connectivity index (χ3v) is 13.9. The summed E-state index contributed by atoms with van der Waals surface area (Å²) in [6, 6.07) is 29.7. The van der Waals surface area contributed by atoms with E-state index in [4.69, 9.17) is 8.37 Å². The Balaban J connectivity index is 0.000000170. The standard InChI is InChI=1S/2C24H23N5O4S/c2*30-23(16-11-13-25-14-12-16)29-24-27-21-10-7-19(15-22(21)28-24)33-34(31,32)20-8-5-18(6-9-20)26-17-3-1-2-4-17/h2*5-15,17,26H,1-4H2,(H2,27,28,29,30). The number of aromatic nitrogens is 6. The molecule has 2 amide bonds. The van der Waals surface area contributed by atoms with Crippen molar-refractivity contribution >= 4 is 77.4 Å². The summed E-state index contributed by atoms with van der Waals surface area (Å²) in [6.07, 6.45) is 15.5. The van der Waals surface area contributed by atoms with E-state index in [0.29, 0.717) is 45.3 Å². The zero-order valence-electron chi connectivity index (χ0n) is 36.4. The fourth-order valence-corrected chi connectivity index (χ4v) is 9.81. The predicted molar refractivity (Wildman–Crippen MR) is 257 cm³/mol. The Morgan fingerprint density at radius 2 is 0.868 bits per heavy atom. The van der Waals surface area contributed by atoms with Gasteiger partial charge in [-0.05, 0) is 123 Å². The summed E-state index contributed by atoms with van der Waals surface area (Å²) in [5, 5.41) is 12.2. The summed E-state index contributed by atoms with van der Waals surface area (Å²) in [7, 11) is -8.02. The van der Waals surface area contributed by atoms with Gasteiger partial charge in [0.05, 0.1) is 22.1 Å². The van der Waals surface area contributed by atoms with Gasteiger partial charge >= 0.3 is 20.2 Å². The number of amides is 2. The van der Waals surface area contributed by atoms with Crippen LogP contribution in [0.15, 0.2) is 144 Å². The fourth-order valence-electron chi connectivity index (χ4n) is 7.96. The molecule has 0 unspecified atom stereocenters. The van der Waals surface area contributed by atoms with Crippen LogP contribution >= 0.6 is 0 Å². The molecule has 18 nitrogen and oxygen atoms in total. The fraction of sp³-hybridized carbons (Fsp3) is 0.208. The normalized spacial score (nSPS) is 14.2. The van der Waals surface area contributed by atoms with E-state index < -0.39 is 20.2 Å². The maximum absolute atomic E-state index is 12.8. The molecule has 0 bridgehead atoms. The lowest BCUT2D eigenvalue weighted by atomic mass is 10.2. The second kappa shape index (κ2) is 19.9. The van der Waals surface area contributed by atoms with E-state index in [1.807, 2.05) is 0 Å². The van der Waals surface area contributed by atoms with E-state index in [0.717, 1.165) is 37.1 Å². The Kier molecular flexibility index (Phi) is 13.3. The van der Waals surface area contributed by atoms with Gasteiger partial charge in [0.15, 0.2) is 0 Å². The van der Waals surface area contributed by atoms with Crippen LogP contribution in [0, 0.1) is 0 Å². The van der Waals surface area contributed by atoms with E-state index in [-0.39, 0.29) is 45.0 Å². The number of carbonyl (C=O) groups is 2. The minimum Gasteiger partial charge on any atom is -0.382 e. The lowest BCUT2D eigenvalue weighted by Crippen LogP contribution is -2.14. The predicted octanol–water partition coefficient (Wildman–Crippen LogP) is 8.66. The van der Waals surface area contributed by atoms with Crippen molar-refractivity contribution in [2.24, 2.45) is 0 Å². The van der Waals surface area contributed by atoms with Crippen molar-refractivity contribution in [1.82, 2.24) is 29.9 Å². The molecule has 2 aliphatic rings. The highest BCUT2D eigenvalue weighted by molar-refractivity contribution is 7.87. The number of benzene rings is 4. The number of aromatic amines is 2. The zero-order chi connectivity index (χ0) is 47.1. The topological polar surface area (TPSA) is 252 Å². The van der Waals surface area contributed by atoms with E-state index in [1.54, 1.807) is 60.7 Å². The molecule has 2 saturated carbocycles. The van der Waals surface area contributed by atoms with Gasteiger partial charge < -0.3 is 29.0 Å². The molecular weight excluding hydrogens is 909 g/mol. The first-order valence-corrected chi connectivity index (χ1v) is 24.8. The van der Waals surface area contributed by atoms with Gasteiger partial charge in [0.2, 0.25) is 11.9 Å². The number of H-pyrrole nitrogens is 2. The number of imidazole rings is 2. The number of anilines is 4. The minimum absolute atomic E-state index is 0.0690. The van der Waals surface area contributed by atoms with Crippen molar-refractivity contribution < 1.29 is 34.8 Å². The van der Waals surface area contributed by atoms with Crippen LogP contribution in [0.3, 0.4) is 0 Å². The van der Waals surface area contributed by atoms with Gasteiger partial charge in [-0.3, -0.25) is 30.2 Å². The first kappa shape index (κ1) is 45.3. The molecule has 0 radical (unpaired) electrons. The Labute approximate surface area is 391 Å². The van der Waals surface area contributed by atoms with Crippen LogP contribution in [0.2, 0.25) is 0 Å². The number of nitrogens with one attached hydrogen (secondary N) is 6. The monoisotopic (exact) mass is 954 g/mol. The largest absolute Gasteiger partial charge is 0.382 e. The molecular formula is C48H46N10O8S2. The summed E-state index contributed by atoms with van der Waals surface area (Å²) in [5.41, 5.74) is 4.82. The molecule has 0 saturated heterocycles. The number of fused-ring (bicyclic) bond motifs is 2. The van der Waals surface area contributed by atoms with Crippen molar-refractivity contribution in [3.63, 3.8) is 0 Å². The van der Waals surface area contributed by atoms with Crippen LogP contribution < -0.4 is 29.6 Å². The maximum Gasteiger partial charge on any atom is 0.339 e. The van der Waals surface area contributed by atoms with Crippen molar-refractivity contribution in [2.45, 2.75) is 73.2 Å². The molecule has 4 aromatic heterocycles. The van der Waals surface area contributed by atoms with Gasteiger partial charge in [0.25, 0.3) is 11.8 Å². The van der Waals surface area contributed by atoms with Gasteiger partial charge in [-0.2, -0.15) is 16.8 Å². The second-order valence-electron chi connectivity index (χ2n) is 16.3. The van der Waals surface area contributed by atoms with Gasteiger partial charge in [0.1, 0.15) is 21.3 Å². The third-order valence-electron chi connectivity index (χ3n) is 11.4. The summed E-state index contributed by atoms with van der Waals surface area (Å²) in [6.45, 7) is 0. The average molecular weight is 955 g/mol. The number of carbonyl (C=O) groups excluding carboxylic acids is 2. The molecule has 4 aromatic carbocycles. The average Bonchev–Trinajstić information content (AvgIpc) is 4.19. The smallest absolute Gasteiger partial charge is 0.339 e. The van der Waals surface area contributed by atoms with Crippen LogP contribution in [0.1, 0.15) is 72.1 Å². The highest BCUT2D eigenvalue weighted by Gasteiger charge is 2.21. The van der Waals surface area contributed by atoms with Crippen LogP contribution in [0.25, 0.3) is 22.1 Å². The van der Waals surface area contributed by atoms with E-state index in [2.05, 4.69) is 51.2 Å². The maximum atomic E-state index is 12.8. The van der Waals surface area contributed by atoms with Crippen molar-refractivity contribution in [1.29, 1.82) is 0 Å². The molecule has 8 aromatic rings. The molecule has 2 fully saturated rings. The number of nitrogens with zero attached hydrogens (tertiary/aromatic N) is 4. The number of pyridine rings is 2. The second-order valence-corrected chi connectivity index (χ2v) is 19.4. The van der Waals surface area contributed by atoms with Crippen LogP contribution in [0.4, 0.5) is 23.3 Å². The summed E-state index contributed by atoms with van der Waals surface area (Å²) >= 11 is 0. The molecule has 10 rings (SSSR count). The van der Waals surface area contributed by atoms with Crippen molar-refractivity contribution in [2.75, 3.05) is 21.3 Å². The Morgan fingerprint density at radius 1 is 0.500 bits per heavy atom. The van der Waals surface area contributed by atoms with E-state index in [9.17, 15) is 26.4 Å². The summed E-state index contributed by atoms with van der Waals surface area (Å²) in [5.74, 6) is 0.0646. The SMILES string of the molecule is O=C(Nc1nc2ccc(OS(=O)(=O)c3ccc(NC4CCCC4)cc3)cc2[nH]1)c1ccncc1.O=C(Nc1nc2ccc(OS(=O)(=O)c3ccc(NC4CCCC4)cc3)cc2[nH]1)c1ccncc1. The summed E-state index contributed by atoms with van der Waals surface area (Å²) in [4.78, 5) is 47.1. The quantitative estimate of drug-likeness (QED) is 0.0558. The van der Waals surface area contributed by atoms with E-state index in [1.165, 1.54) is 99.0 Å². The Bertz CT molecular complexity index is 3050. The highest BCUT2D eigenvalue weighted by Crippen LogP contribution is 2.29. The highest BCUT2D eigenvalue weighted by atomic mass is 32.2. The molecule has 6 N–H and O–H groups in total. The van der Waals surface area contributed by atoms with Gasteiger partial charge in [-0.1, -0.05) is 25.7 Å². The third kappa shape index (κ3) is 11.2. The van der Waals surface area contributed by atoms with Crippen molar-refractivity contribution in [3.8, 4) is 11.5 Å². The van der Waals surface area contributed by atoms with Crippen LogP contribution in [-0.2, 0) is 20.2 Å². The van der Waals surface area contributed by atoms with Crippen LogP contribution in [0.5, 0.6) is 11.5 Å². The first-order valence-electron chi connectivity index (χ1n) is 22.0. The molecule has 2 aliphatic carbocycles. The molecule has 0 spiro atoms. The molecule has 20 heteroatoms. The molecule has 0 atom stereocenters. The molecule has 68 heavy (non-hydrogen) atoms. The van der Waals surface area contributed by atoms with Gasteiger partial charge in [-0.25, -0.2) is 9.97 Å². The number of hydrogen-bond donors (Lipinski definition) is 6. The Hall–Kier alpha value is -7.84. The summed E-state index contributed by atoms with van der Waals surface area (Å²) < 4.78 is 61.8. The van der Waals surface area contributed by atoms with Crippen molar-refractivity contribution in [3.05, 3.63) is 145 Å². The van der Waals surface area contributed by atoms with E-state index >= 15 is 0 Å². The molecule has 4 heterocycles. The first-order chi connectivity index (χ1) is 32.9. The van der Waals surface area contributed by atoms with Gasteiger partial charge in [-0.15, -0.1) is 0 Å². The number of rotatable bonds is 14. The lowest BCUT2D eigenvalue weighted by molar-refractivity contribution is 0.101. The lowest BCUT2D eigenvalue weighted by Gasteiger charge is -2.14. The molecule has 0 aliphatic heterocycles. The van der Waals surface area contributed by atoms with Gasteiger partial charge in [0, 0.05) is 71.5 Å². The molecule has 348 valence electrons. The Morgan fingerprint density at radius 3 is 1.24 bits per heavy atom.